The number of carbonyl (C=O) groups is 1. The number of hydrogen-bond acceptors (Lipinski definition) is 3. The molecule has 0 fully saturated rings. The van der Waals surface area contributed by atoms with Gasteiger partial charge in [-0.05, 0) is 36.4 Å². The van der Waals surface area contributed by atoms with Crippen LogP contribution < -0.4 is 9.62 Å². The highest BCUT2D eigenvalue weighted by Gasteiger charge is 2.14. The predicted molar refractivity (Wildman–Crippen MR) is 90.1 cm³/mol. The second-order valence-corrected chi connectivity index (χ2v) is 5.72. The van der Waals surface area contributed by atoms with Gasteiger partial charge in [0.15, 0.2) is 0 Å². The molecule has 0 aromatic heterocycles. The van der Waals surface area contributed by atoms with Crippen molar-refractivity contribution in [3.05, 3.63) is 51.5 Å². The van der Waals surface area contributed by atoms with Crippen LogP contribution in [-0.4, -0.2) is 11.1 Å². The van der Waals surface area contributed by atoms with E-state index in [2.05, 4.69) is 18.1 Å². The summed E-state index contributed by atoms with van der Waals surface area (Å²) in [4.78, 5) is 12.1. The van der Waals surface area contributed by atoms with Crippen LogP contribution in [0, 0.1) is 0 Å². The first kappa shape index (κ1) is 16.1. The van der Waals surface area contributed by atoms with Crippen LogP contribution >= 0.6 is 47.6 Å². The summed E-state index contributed by atoms with van der Waals surface area (Å²) in [6.45, 7) is 0. The Hall–Kier alpha value is -1.27. The molecule has 0 heterocycles. The predicted octanol–water partition coefficient (Wildman–Crippen LogP) is 5.24. The molecular weight excluding hydrogens is 355 g/mol. The minimum atomic E-state index is -0.529. The highest BCUT2D eigenvalue weighted by Crippen LogP contribution is 2.29. The summed E-state index contributed by atoms with van der Waals surface area (Å²) in [7, 11) is 0. The number of anilines is 2. The molecule has 0 saturated heterocycles. The van der Waals surface area contributed by atoms with E-state index >= 15 is 0 Å². The number of amides is 2. The molecule has 2 rings (SSSR count). The number of carbonyl (C=O) groups excluding carboxylic acids is 1. The van der Waals surface area contributed by atoms with Gasteiger partial charge in [-0.15, -0.1) is 0 Å². The topological polar surface area (TPSA) is 52.6 Å². The lowest BCUT2D eigenvalue weighted by Crippen LogP contribution is -2.26. The van der Waals surface area contributed by atoms with Gasteiger partial charge in [0.25, 0.3) is 0 Å². The second kappa shape index (κ2) is 6.66. The lowest BCUT2D eigenvalue weighted by Gasteiger charge is -2.17. The molecule has 0 unspecified atom stereocenters. The summed E-state index contributed by atoms with van der Waals surface area (Å²) in [5, 5.41) is 12.9. The lowest BCUT2D eigenvalue weighted by molar-refractivity contribution is 0.260. The van der Waals surface area contributed by atoms with Gasteiger partial charge in [-0.1, -0.05) is 47.6 Å². The molecular formula is C13H9Cl3N2O2S. The number of nitrogens with zero attached hydrogens (tertiary/aromatic N) is 1. The monoisotopic (exact) mass is 362 g/mol. The van der Waals surface area contributed by atoms with Gasteiger partial charge in [-0.2, -0.15) is 0 Å². The Balaban J connectivity index is 2.17. The van der Waals surface area contributed by atoms with E-state index in [0.717, 1.165) is 4.31 Å². The normalized spacial score (nSPS) is 10.3. The summed E-state index contributed by atoms with van der Waals surface area (Å²) in [5.41, 5.74) is 0.827. The van der Waals surface area contributed by atoms with Gasteiger partial charge in [0.1, 0.15) is 5.75 Å². The number of nitrogens with one attached hydrogen (secondary N) is 1. The smallest absolute Gasteiger partial charge is 0.336 e. The van der Waals surface area contributed by atoms with E-state index < -0.39 is 6.03 Å². The molecule has 4 nitrogen and oxygen atoms in total. The van der Waals surface area contributed by atoms with Gasteiger partial charge >= 0.3 is 6.03 Å². The summed E-state index contributed by atoms with van der Waals surface area (Å²) in [6.07, 6.45) is 0. The van der Waals surface area contributed by atoms with Crippen LogP contribution in [0.2, 0.25) is 15.1 Å². The molecule has 8 heteroatoms. The van der Waals surface area contributed by atoms with E-state index in [4.69, 9.17) is 34.8 Å². The van der Waals surface area contributed by atoms with Crippen molar-refractivity contribution in [3.8, 4) is 5.75 Å². The van der Waals surface area contributed by atoms with Crippen molar-refractivity contribution in [3.63, 3.8) is 0 Å². The van der Waals surface area contributed by atoms with Crippen LogP contribution in [0.1, 0.15) is 0 Å². The van der Waals surface area contributed by atoms with Crippen molar-refractivity contribution < 1.29 is 9.90 Å². The number of urea groups is 1. The van der Waals surface area contributed by atoms with Crippen molar-refractivity contribution in [2.24, 2.45) is 0 Å². The quantitative estimate of drug-likeness (QED) is 0.639. The zero-order valence-electron chi connectivity index (χ0n) is 10.3. The van der Waals surface area contributed by atoms with Crippen LogP contribution in [-0.2, 0) is 0 Å². The molecule has 2 aromatic carbocycles. The first-order chi connectivity index (χ1) is 9.86. The second-order valence-electron chi connectivity index (χ2n) is 4.04. The number of benzene rings is 2. The van der Waals surface area contributed by atoms with Crippen molar-refractivity contribution >= 4 is 65.0 Å². The number of halogens is 3. The molecule has 110 valence electrons. The van der Waals surface area contributed by atoms with E-state index in [0.29, 0.717) is 21.4 Å². The Morgan fingerprint density at radius 3 is 2.29 bits per heavy atom. The third-order valence-corrected chi connectivity index (χ3v) is 3.63. The van der Waals surface area contributed by atoms with Crippen LogP contribution in [0.5, 0.6) is 5.75 Å². The number of aromatic hydroxyl groups is 1. The first-order valence-electron chi connectivity index (χ1n) is 5.61. The molecule has 21 heavy (non-hydrogen) atoms. The summed E-state index contributed by atoms with van der Waals surface area (Å²) in [6, 6.07) is 8.40. The summed E-state index contributed by atoms with van der Waals surface area (Å²) < 4.78 is 1.04. The van der Waals surface area contributed by atoms with Crippen molar-refractivity contribution in [2.45, 2.75) is 0 Å². The van der Waals surface area contributed by atoms with Gasteiger partial charge in [0.05, 0.1) is 10.7 Å². The SMILES string of the molecule is O=C(Nc1cc(Cl)cc(Cl)c1)N(S)c1ccc(O)c(Cl)c1. The molecule has 2 N–H and O–H groups in total. The molecule has 0 aliphatic heterocycles. The molecule has 0 spiro atoms. The molecule has 0 atom stereocenters. The standard InChI is InChI=1S/C13H9Cl3N2O2S/c14-7-3-8(15)5-9(4-7)17-13(20)18(21)10-1-2-12(19)11(16)6-10/h1-6,19,21H,(H,17,20). The van der Waals surface area contributed by atoms with Crippen molar-refractivity contribution in [2.75, 3.05) is 9.62 Å². The van der Waals surface area contributed by atoms with Gasteiger partial charge in [-0.3, -0.25) is 0 Å². The number of thiol groups is 1. The van der Waals surface area contributed by atoms with Crippen LogP contribution in [0.4, 0.5) is 16.2 Å². The molecule has 0 aliphatic carbocycles. The fraction of sp³-hybridized carbons (Fsp3) is 0. The minimum absolute atomic E-state index is 0.0795. The number of rotatable bonds is 2. The Bertz CT molecular complexity index is 677. The van der Waals surface area contributed by atoms with Crippen LogP contribution in [0.3, 0.4) is 0 Å². The zero-order chi connectivity index (χ0) is 15.6. The Morgan fingerprint density at radius 1 is 1.10 bits per heavy atom. The minimum Gasteiger partial charge on any atom is -0.506 e. The van der Waals surface area contributed by atoms with E-state index in [-0.39, 0.29) is 10.8 Å². The van der Waals surface area contributed by atoms with Gasteiger partial charge in [0.2, 0.25) is 0 Å². The Kier molecular flexibility index (Phi) is 5.11. The Labute approximate surface area is 141 Å². The highest BCUT2D eigenvalue weighted by molar-refractivity contribution is 7.82. The van der Waals surface area contributed by atoms with Gasteiger partial charge in [-0.25, -0.2) is 9.10 Å². The largest absolute Gasteiger partial charge is 0.506 e. The van der Waals surface area contributed by atoms with Crippen molar-refractivity contribution in [1.82, 2.24) is 0 Å². The van der Waals surface area contributed by atoms with E-state index in [1.807, 2.05) is 0 Å². The van der Waals surface area contributed by atoms with Crippen LogP contribution in [0.25, 0.3) is 0 Å². The zero-order valence-corrected chi connectivity index (χ0v) is 13.5. The number of phenols is 1. The molecule has 0 aliphatic rings. The fourth-order valence-corrected chi connectivity index (χ4v) is 2.42. The number of phenolic OH excluding ortho intramolecular Hbond substituents is 1. The number of hydrogen-bond donors (Lipinski definition) is 3. The highest BCUT2D eigenvalue weighted by atomic mass is 35.5. The van der Waals surface area contributed by atoms with Crippen LogP contribution in [0.15, 0.2) is 36.4 Å². The lowest BCUT2D eigenvalue weighted by atomic mass is 10.3. The molecule has 2 aromatic rings. The van der Waals surface area contributed by atoms with E-state index in [1.54, 1.807) is 18.2 Å². The Morgan fingerprint density at radius 2 is 1.71 bits per heavy atom. The summed E-state index contributed by atoms with van der Waals surface area (Å²) >= 11 is 21.6. The molecule has 2 amide bonds. The first-order valence-corrected chi connectivity index (χ1v) is 7.15. The summed E-state index contributed by atoms with van der Waals surface area (Å²) in [5.74, 6) is -0.0795. The average Bonchev–Trinajstić information content (AvgIpc) is 2.39. The molecule has 0 saturated carbocycles. The average molecular weight is 364 g/mol. The maximum absolute atomic E-state index is 12.1. The molecule has 0 bridgehead atoms. The third-order valence-electron chi connectivity index (χ3n) is 2.48. The maximum Gasteiger partial charge on any atom is 0.336 e. The third kappa shape index (κ3) is 4.11. The van der Waals surface area contributed by atoms with Crippen molar-refractivity contribution in [1.29, 1.82) is 0 Å². The van der Waals surface area contributed by atoms with Gasteiger partial charge < -0.3 is 10.4 Å². The maximum atomic E-state index is 12.1. The van der Waals surface area contributed by atoms with E-state index in [1.165, 1.54) is 18.2 Å². The van der Waals surface area contributed by atoms with E-state index in [9.17, 15) is 9.90 Å². The fourth-order valence-electron chi connectivity index (χ4n) is 1.55. The molecule has 0 radical (unpaired) electrons. The van der Waals surface area contributed by atoms with Gasteiger partial charge in [0, 0.05) is 15.7 Å².